The van der Waals surface area contributed by atoms with Crippen molar-refractivity contribution in [2.75, 3.05) is 0 Å². The molecule has 0 N–H and O–H groups in total. The topological polar surface area (TPSA) is 17.1 Å². The number of ketones is 1. The van der Waals surface area contributed by atoms with E-state index in [1.165, 1.54) is 17.2 Å². The largest absolute Gasteiger partial charge is 0.294 e. The van der Waals surface area contributed by atoms with Crippen LogP contribution in [0.3, 0.4) is 0 Å². The van der Waals surface area contributed by atoms with Gasteiger partial charge in [-0.2, -0.15) is 0 Å². The predicted octanol–water partition coefficient (Wildman–Crippen LogP) is 4.26. The van der Waals surface area contributed by atoms with Crippen molar-refractivity contribution in [3.63, 3.8) is 0 Å². The van der Waals surface area contributed by atoms with Crippen molar-refractivity contribution < 1.29 is 9.18 Å². The van der Waals surface area contributed by atoms with Crippen molar-refractivity contribution >= 4 is 5.78 Å². The summed E-state index contributed by atoms with van der Waals surface area (Å²) in [4.78, 5) is 12.0. The molecule has 0 unspecified atom stereocenters. The zero-order chi connectivity index (χ0) is 13.8. The van der Waals surface area contributed by atoms with Gasteiger partial charge in [0.2, 0.25) is 0 Å². The summed E-state index contributed by atoms with van der Waals surface area (Å²) >= 11 is 0. The Kier molecular flexibility index (Phi) is 4.10. The summed E-state index contributed by atoms with van der Waals surface area (Å²) in [6, 6.07) is 12.3. The average Bonchev–Trinajstić information content (AvgIpc) is 2.40. The fourth-order valence-corrected chi connectivity index (χ4v) is 2.14. The lowest BCUT2D eigenvalue weighted by molar-refractivity contribution is 0.0979. The molecule has 0 aliphatic rings. The number of aryl methyl sites for hydroxylation is 3. The maximum absolute atomic E-state index is 13.5. The van der Waals surface area contributed by atoms with Crippen LogP contribution in [0.4, 0.5) is 4.39 Å². The molecule has 0 radical (unpaired) electrons. The Morgan fingerprint density at radius 3 is 2.58 bits per heavy atom. The van der Waals surface area contributed by atoms with Gasteiger partial charge in [0, 0.05) is 6.42 Å². The van der Waals surface area contributed by atoms with Crippen molar-refractivity contribution in [1.29, 1.82) is 0 Å². The highest BCUT2D eigenvalue weighted by Gasteiger charge is 2.11. The normalized spacial score (nSPS) is 10.5. The van der Waals surface area contributed by atoms with Crippen LogP contribution in [0.2, 0.25) is 0 Å². The molecule has 98 valence electrons. The SMILES string of the molecule is Cc1ccc(C)c(CCC(=O)c2ccccc2F)c1. The number of halogens is 1. The molecule has 0 fully saturated rings. The standard InChI is InChI=1S/C17H17FO/c1-12-7-8-13(2)14(11-12)9-10-17(19)15-5-3-4-6-16(15)18/h3-8,11H,9-10H2,1-2H3. The van der Waals surface area contributed by atoms with Crippen LogP contribution < -0.4 is 0 Å². The Labute approximate surface area is 113 Å². The van der Waals surface area contributed by atoms with Gasteiger partial charge in [-0.3, -0.25) is 4.79 Å². The first-order chi connectivity index (χ1) is 9.08. The van der Waals surface area contributed by atoms with Crippen LogP contribution in [0.15, 0.2) is 42.5 Å². The van der Waals surface area contributed by atoms with Crippen LogP contribution in [-0.2, 0) is 6.42 Å². The van der Waals surface area contributed by atoms with Crippen LogP contribution in [0.5, 0.6) is 0 Å². The van der Waals surface area contributed by atoms with Gasteiger partial charge in [-0.05, 0) is 43.5 Å². The van der Waals surface area contributed by atoms with Crippen molar-refractivity contribution in [1.82, 2.24) is 0 Å². The summed E-state index contributed by atoms with van der Waals surface area (Å²) in [5.74, 6) is -0.576. The number of hydrogen-bond donors (Lipinski definition) is 0. The summed E-state index contributed by atoms with van der Waals surface area (Å²) in [5, 5.41) is 0. The lowest BCUT2D eigenvalue weighted by Crippen LogP contribution is -2.04. The zero-order valence-corrected chi connectivity index (χ0v) is 11.2. The van der Waals surface area contributed by atoms with E-state index in [2.05, 4.69) is 18.2 Å². The molecule has 19 heavy (non-hydrogen) atoms. The first-order valence-corrected chi connectivity index (χ1v) is 6.42. The highest BCUT2D eigenvalue weighted by molar-refractivity contribution is 5.96. The fraction of sp³-hybridized carbons (Fsp3) is 0.235. The van der Waals surface area contributed by atoms with E-state index in [4.69, 9.17) is 0 Å². The summed E-state index contributed by atoms with van der Waals surface area (Å²) in [6.07, 6.45) is 0.992. The molecule has 0 spiro atoms. The molecule has 0 saturated carbocycles. The smallest absolute Gasteiger partial charge is 0.166 e. The molecule has 1 nitrogen and oxygen atoms in total. The second kappa shape index (κ2) is 5.79. The Balaban J connectivity index is 2.09. The first kappa shape index (κ1) is 13.5. The van der Waals surface area contributed by atoms with Gasteiger partial charge in [-0.25, -0.2) is 4.39 Å². The van der Waals surface area contributed by atoms with Crippen molar-refractivity contribution in [3.05, 3.63) is 70.5 Å². The van der Waals surface area contributed by atoms with E-state index in [-0.39, 0.29) is 11.3 Å². The van der Waals surface area contributed by atoms with Gasteiger partial charge in [0.05, 0.1) is 5.56 Å². The molecular formula is C17H17FO. The van der Waals surface area contributed by atoms with Crippen LogP contribution >= 0.6 is 0 Å². The highest BCUT2D eigenvalue weighted by atomic mass is 19.1. The second-order valence-corrected chi connectivity index (χ2v) is 4.83. The third kappa shape index (κ3) is 3.28. The number of Topliss-reactive ketones (excluding diaryl/α,β-unsaturated/α-hetero) is 1. The number of carbonyl (C=O) groups excluding carboxylic acids is 1. The molecule has 0 bridgehead atoms. The second-order valence-electron chi connectivity index (χ2n) is 4.83. The third-order valence-corrected chi connectivity index (χ3v) is 3.30. The van der Waals surface area contributed by atoms with E-state index in [1.807, 2.05) is 13.8 Å². The maximum atomic E-state index is 13.5. The molecule has 2 aromatic carbocycles. The molecule has 0 amide bonds. The van der Waals surface area contributed by atoms with Crippen molar-refractivity contribution in [2.24, 2.45) is 0 Å². The molecule has 2 heteroatoms. The van der Waals surface area contributed by atoms with Gasteiger partial charge >= 0.3 is 0 Å². The molecular weight excluding hydrogens is 239 g/mol. The van der Waals surface area contributed by atoms with Crippen LogP contribution in [0.25, 0.3) is 0 Å². The maximum Gasteiger partial charge on any atom is 0.166 e. The summed E-state index contributed by atoms with van der Waals surface area (Å²) in [5.41, 5.74) is 3.70. The molecule has 2 aromatic rings. The van der Waals surface area contributed by atoms with Crippen LogP contribution in [0, 0.1) is 19.7 Å². The fourth-order valence-electron chi connectivity index (χ4n) is 2.14. The van der Waals surface area contributed by atoms with E-state index in [9.17, 15) is 9.18 Å². The number of rotatable bonds is 4. The lowest BCUT2D eigenvalue weighted by atomic mass is 9.98. The minimum atomic E-state index is -0.437. The van der Waals surface area contributed by atoms with Crippen molar-refractivity contribution in [3.8, 4) is 0 Å². The van der Waals surface area contributed by atoms with E-state index in [1.54, 1.807) is 18.2 Å². The molecule has 0 aliphatic heterocycles. The zero-order valence-electron chi connectivity index (χ0n) is 11.2. The van der Waals surface area contributed by atoms with Crippen molar-refractivity contribution in [2.45, 2.75) is 26.7 Å². The highest BCUT2D eigenvalue weighted by Crippen LogP contribution is 2.15. The number of carbonyl (C=O) groups is 1. The van der Waals surface area contributed by atoms with Gasteiger partial charge in [-0.15, -0.1) is 0 Å². The average molecular weight is 256 g/mol. The van der Waals surface area contributed by atoms with E-state index < -0.39 is 5.82 Å². The van der Waals surface area contributed by atoms with Gasteiger partial charge in [0.1, 0.15) is 5.82 Å². The summed E-state index contributed by atoms with van der Waals surface area (Å²) < 4.78 is 13.5. The monoisotopic (exact) mass is 256 g/mol. The summed E-state index contributed by atoms with van der Waals surface area (Å²) in [6.45, 7) is 4.06. The minimum Gasteiger partial charge on any atom is -0.294 e. The molecule has 0 heterocycles. The minimum absolute atomic E-state index is 0.140. The van der Waals surface area contributed by atoms with E-state index in [0.717, 1.165) is 5.56 Å². The molecule has 0 atom stereocenters. The Morgan fingerprint density at radius 1 is 1.11 bits per heavy atom. The Morgan fingerprint density at radius 2 is 1.84 bits per heavy atom. The molecule has 0 aliphatic carbocycles. The number of hydrogen-bond acceptors (Lipinski definition) is 1. The third-order valence-electron chi connectivity index (χ3n) is 3.30. The molecule has 0 saturated heterocycles. The quantitative estimate of drug-likeness (QED) is 0.747. The lowest BCUT2D eigenvalue weighted by Gasteiger charge is -2.07. The Bertz CT molecular complexity index is 602. The van der Waals surface area contributed by atoms with Crippen LogP contribution in [-0.4, -0.2) is 5.78 Å². The van der Waals surface area contributed by atoms with Gasteiger partial charge in [-0.1, -0.05) is 35.9 Å². The van der Waals surface area contributed by atoms with Gasteiger partial charge in [0.25, 0.3) is 0 Å². The predicted molar refractivity (Wildman–Crippen MR) is 75.0 cm³/mol. The number of benzene rings is 2. The van der Waals surface area contributed by atoms with Gasteiger partial charge < -0.3 is 0 Å². The Hall–Kier alpha value is -1.96. The van der Waals surface area contributed by atoms with Gasteiger partial charge in [0.15, 0.2) is 5.78 Å². The molecule has 2 rings (SSSR count). The van der Waals surface area contributed by atoms with E-state index in [0.29, 0.717) is 12.8 Å². The molecule has 0 aromatic heterocycles. The van der Waals surface area contributed by atoms with Crippen LogP contribution in [0.1, 0.15) is 33.5 Å². The summed E-state index contributed by atoms with van der Waals surface area (Å²) in [7, 11) is 0. The van der Waals surface area contributed by atoms with E-state index >= 15 is 0 Å². The first-order valence-electron chi connectivity index (χ1n) is 6.42.